The summed E-state index contributed by atoms with van der Waals surface area (Å²) in [6.45, 7) is 4.59. The fraction of sp³-hybridized carbons (Fsp3) is 0.500. The Morgan fingerprint density at radius 1 is 1.37 bits per heavy atom. The van der Waals surface area contributed by atoms with E-state index in [1.54, 1.807) is 4.90 Å². The zero-order valence-corrected chi connectivity index (χ0v) is 11.6. The van der Waals surface area contributed by atoms with Gasteiger partial charge in [0.1, 0.15) is 5.75 Å². The first kappa shape index (κ1) is 13.5. The minimum atomic E-state index is 0.146. The number of nitrogens with zero attached hydrogens (tertiary/aromatic N) is 2. The van der Waals surface area contributed by atoms with E-state index in [9.17, 15) is 4.79 Å². The van der Waals surface area contributed by atoms with Gasteiger partial charge in [-0.15, -0.1) is 0 Å². The molecule has 1 aromatic rings. The summed E-state index contributed by atoms with van der Waals surface area (Å²) in [6, 6.07) is 5.69. The molecule has 0 aliphatic carbocycles. The number of nitrogens with two attached hydrogens (primary N) is 1. The zero-order valence-electron chi connectivity index (χ0n) is 11.6. The number of carbonyl (C=O) groups excluding carboxylic acids is 1. The Hall–Kier alpha value is -1.91. The van der Waals surface area contributed by atoms with Crippen molar-refractivity contribution in [3.05, 3.63) is 18.2 Å². The molecule has 0 aromatic heterocycles. The summed E-state index contributed by atoms with van der Waals surface area (Å²) in [5, 5.41) is 0. The van der Waals surface area contributed by atoms with Crippen LogP contribution >= 0.6 is 0 Å². The smallest absolute Gasteiger partial charge is 0.241 e. The lowest BCUT2D eigenvalue weighted by Crippen LogP contribution is -2.34. The summed E-state index contributed by atoms with van der Waals surface area (Å²) in [7, 11) is 1.85. The van der Waals surface area contributed by atoms with Gasteiger partial charge in [-0.05, 0) is 25.5 Å². The maximum Gasteiger partial charge on any atom is 0.241 e. The number of amides is 1. The Balaban J connectivity index is 2.21. The third kappa shape index (κ3) is 3.10. The summed E-state index contributed by atoms with van der Waals surface area (Å²) >= 11 is 0. The molecule has 1 aliphatic rings. The molecule has 104 valence electrons. The highest BCUT2D eigenvalue weighted by Gasteiger charge is 2.19. The second kappa shape index (κ2) is 5.82. The molecule has 2 N–H and O–H groups in total. The standard InChI is InChI=1S/C14H21N3O2/c1-3-19-13-9-11(5-6-12(13)15)17-8-4-7-16(2)14(18)10-17/h5-6,9H,3-4,7-8,10,15H2,1-2H3. The highest BCUT2D eigenvalue weighted by molar-refractivity contribution is 5.82. The minimum Gasteiger partial charge on any atom is -0.492 e. The van der Waals surface area contributed by atoms with Crippen LogP contribution in [0.4, 0.5) is 11.4 Å². The molecule has 0 saturated carbocycles. The fourth-order valence-corrected chi connectivity index (χ4v) is 2.21. The van der Waals surface area contributed by atoms with E-state index >= 15 is 0 Å². The number of ether oxygens (including phenoxy) is 1. The number of nitrogen functional groups attached to an aromatic ring is 1. The first-order valence-corrected chi connectivity index (χ1v) is 6.63. The maximum atomic E-state index is 11.9. The number of hydrogen-bond acceptors (Lipinski definition) is 4. The van der Waals surface area contributed by atoms with E-state index in [4.69, 9.17) is 10.5 Å². The Morgan fingerprint density at radius 3 is 2.89 bits per heavy atom. The predicted molar refractivity (Wildman–Crippen MR) is 76.5 cm³/mol. The number of hydrogen-bond donors (Lipinski definition) is 1. The van der Waals surface area contributed by atoms with E-state index in [2.05, 4.69) is 4.90 Å². The summed E-state index contributed by atoms with van der Waals surface area (Å²) in [6.07, 6.45) is 0.969. The average Bonchev–Trinajstić information content (AvgIpc) is 2.55. The van der Waals surface area contributed by atoms with Crippen LogP contribution in [-0.4, -0.2) is 44.1 Å². The number of carbonyl (C=O) groups is 1. The Bertz CT molecular complexity index is 462. The highest BCUT2D eigenvalue weighted by Crippen LogP contribution is 2.28. The van der Waals surface area contributed by atoms with E-state index in [-0.39, 0.29) is 5.91 Å². The molecule has 1 heterocycles. The van der Waals surface area contributed by atoms with Gasteiger partial charge in [0.2, 0.25) is 5.91 Å². The molecule has 0 bridgehead atoms. The zero-order chi connectivity index (χ0) is 13.8. The molecule has 1 saturated heterocycles. The summed E-state index contributed by atoms with van der Waals surface area (Å²) in [5.74, 6) is 0.831. The lowest BCUT2D eigenvalue weighted by molar-refractivity contribution is -0.127. The fourth-order valence-electron chi connectivity index (χ4n) is 2.21. The normalized spacial score (nSPS) is 16.4. The van der Waals surface area contributed by atoms with Gasteiger partial charge in [-0.2, -0.15) is 0 Å². The summed E-state index contributed by atoms with van der Waals surface area (Å²) in [4.78, 5) is 15.8. The molecule has 0 atom stereocenters. The van der Waals surface area contributed by atoms with Crippen LogP contribution in [0.3, 0.4) is 0 Å². The van der Waals surface area contributed by atoms with Crippen LogP contribution in [0.5, 0.6) is 5.75 Å². The quantitative estimate of drug-likeness (QED) is 0.836. The molecule has 0 radical (unpaired) electrons. The number of rotatable bonds is 3. The van der Waals surface area contributed by atoms with Crippen molar-refractivity contribution in [1.29, 1.82) is 0 Å². The van der Waals surface area contributed by atoms with E-state index < -0.39 is 0 Å². The van der Waals surface area contributed by atoms with Gasteiger partial charge in [0.25, 0.3) is 0 Å². The van der Waals surface area contributed by atoms with Crippen LogP contribution in [0.25, 0.3) is 0 Å². The van der Waals surface area contributed by atoms with E-state index in [0.717, 1.165) is 25.2 Å². The largest absolute Gasteiger partial charge is 0.492 e. The number of likely N-dealkylation sites (N-methyl/N-ethyl adjacent to an activating group) is 1. The van der Waals surface area contributed by atoms with Gasteiger partial charge < -0.3 is 20.3 Å². The molecule has 0 spiro atoms. The van der Waals surface area contributed by atoms with Crippen LogP contribution in [-0.2, 0) is 4.79 Å². The third-order valence-electron chi connectivity index (χ3n) is 3.34. The van der Waals surface area contributed by atoms with Gasteiger partial charge >= 0.3 is 0 Å². The molecular formula is C14H21N3O2. The highest BCUT2D eigenvalue weighted by atomic mass is 16.5. The average molecular weight is 263 g/mol. The van der Waals surface area contributed by atoms with Crippen molar-refractivity contribution in [2.45, 2.75) is 13.3 Å². The van der Waals surface area contributed by atoms with Crippen LogP contribution in [0.1, 0.15) is 13.3 Å². The molecule has 1 aliphatic heterocycles. The molecule has 1 aromatic carbocycles. The van der Waals surface area contributed by atoms with Gasteiger partial charge in [0, 0.05) is 31.9 Å². The van der Waals surface area contributed by atoms with Crippen LogP contribution in [0, 0.1) is 0 Å². The molecule has 1 amide bonds. The minimum absolute atomic E-state index is 0.146. The van der Waals surface area contributed by atoms with E-state index in [1.165, 1.54) is 0 Å². The van der Waals surface area contributed by atoms with Crippen molar-refractivity contribution >= 4 is 17.3 Å². The molecule has 1 fully saturated rings. The van der Waals surface area contributed by atoms with Crippen LogP contribution in [0.15, 0.2) is 18.2 Å². The second-order valence-electron chi connectivity index (χ2n) is 4.75. The molecule has 5 nitrogen and oxygen atoms in total. The maximum absolute atomic E-state index is 11.9. The number of benzene rings is 1. The van der Waals surface area contributed by atoms with Crippen molar-refractivity contribution in [2.24, 2.45) is 0 Å². The first-order valence-electron chi connectivity index (χ1n) is 6.63. The van der Waals surface area contributed by atoms with Gasteiger partial charge in [-0.3, -0.25) is 4.79 Å². The topological polar surface area (TPSA) is 58.8 Å². The van der Waals surface area contributed by atoms with Gasteiger partial charge in [0.15, 0.2) is 0 Å². The summed E-state index contributed by atoms with van der Waals surface area (Å²) in [5.41, 5.74) is 7.48. The Kier molecular flexibility index (Phi) is 4.14. The van der Waals surface area contributed by atoms with Crippen molar-refractivity contribution < 1.29 is 9.53 Å². The molecular weight excluding hydrogens is 242 g/mol. The van der Waals surface area contributed by atoms with Gasteiger partial charge in [-0.25, -0.2) is 0 Å². The lowest BCUT2D eigenvalue weighted by atomic mass is 10.2. The molecule has 0 unspecified atom stereocenters. The van der Waals surface area contributed by atoms with E-state index in [0.29, 0.717) is 24.6 Å². The molecule has 19 heavy (non-hydrogen) atoms. The van der Waals surface area contributed by atoms with Crippen LogP contribution in [0.2, 0.25) is 0 Å². The monoisotopic (exact) mass is 263 g/mol. The first-order chi connectivity index (χ1) is 9.11. The van der Waals surface area contributed by atoms with Crippen molar-refractivity contribution in [2.75, 3.05) is 43.9 Å². The SMILES string of the molecule is CCOc1cc(N2CCCN(C)C(=O)C2)ccc1N. The van der Waals surface area contributed by atoms with Crippen molar-refractivity contribution in [1.82, 2.24) is 4.90 Å². The van der Waals surface area contributed by atoms with Gasteiger partial charge in [-0.1, -0.05) is 0 Å². The predicted octanol–water partition coefficient (Wildman–Crippen LogP) is 1.34. The van der Waals surface area contributed by atoms with Crippen molar-refractivity contribution in [3.63, 3.8) is 0 Å². The lowest BCUT2D eigenvalue weighted by Gasteiger charge is -2.23. The Labute approximate surface area is 113 Å². The Morgan fingerprint density at radius 2 is 2.16 bits per heavy atom. The molecule has 5 heteroatoms. The third-order valence-corrected chi connectivity index (χ3v) is 3.34. The number of anilines is 2. The molecule has 2 rings (SSSR count). The van der Waals surface area contributed by atoms with Crippen molar-refractivity contribution in [3.8, 4) is 5.75 Å². The second-order valence-corrected chi connectivity index (χ2v) is 4.75. The van der Waals surface area contributed by atoms with E-state index in [1.807, 2.05) is 32.2 Å². The summed E-state index contributed by atoms with van der Waals surface area (Å²) < 4.78 is 5.50. The van der Waals surface area contributed by atoms with Gasteiger partial charge in [0.05, 0.1) is 18.8 Å². The van der Waals surface area contributed by atoms with Crippen LogP contribution < -0.4 is 15.4 Å².